The summed E-state index contributed by atoms with van der Waals surface area (Å²) in [5.74, 6) is -1.00. The highest BCUT2D eigenvalue weighted by atomic mass is 19.4. The minimum absolute atomic E-state index is 0.0459. The van der Waals surface area contributed by atoms with Crippen LogP contribution in [-0.2, 0) is 4.79 Å². The summed E-state index contributed by atoms with van der Waals surface area (Å²) >= 11 is 0. The monoisotopic (exact) mass is 306 g/mol. The third-order valence-corrected chi connectivity index (χ3v) is 3.01. The maximum Gasteiger partial charge on any atom is 0.424 e. The van der Waals surface area contributed by atoms with Gasteiger partial charge < -0.3 is 9.84 Å². The van der Waals surface area contributed by atoms with Crippen molar-refractivity contribution in [3.63, 3.8) is 0 Å². The number of rotatable bonds is 5. The highest BCUT2D eigenvalue weighted by Crippen LogP contribution is 2.39. The summed E-state index contributed by atoms with van der Waals surface area (Å²) in [6.45, 7) is 1.42. The largest absolute Gasteiger partial charge is 0.493 e. The molecule has 116 valence electrons. The summed E-state index contributed by atoms with van der Waals surface area (Å²) < 4.78 is 56.7. The molecule has 0 fully saturated rings. The molecule has 0 radical (unpaired) electrons. The van der Waals surface area contributed by atoms with E-state index in [2.05, 4.69) is 0 Å². The average molecular weight is 306 g/mol. The Kier molecular flexibility index (Phi) is 5.11. The van der Waals surface area contributed by atoms with Crippen LogP contribution in [0.1, 0.15) is 18.9 Å². The fraction of sp³-hybridized carbons (Fsp3) is 0.357. The molecule has 0 aromatic heterocycles. The molecular weight excluding hydrogens is 292 g/mol. The zero-order valence-corrected chi connectivity index (χ0v) is 11.4. The maximum atomic E-state index is 13.6. The minimum Gasteiger partial charge on any atom is -0.493 e. The van der Waals surface area contributed by atoms with E-state index >= 15 is 0 Å². The van der Waals surface area contributed by atoms with Crippen LogP contribution in [0.5, 0.6) is 5.75 Å². The number of hydrogen-bond acceptors (Lipinski definition) is 3. The molecule has 0 saturated heterocycles. The lowest BCUT2D eigenvalue weighted by atomic mass is 9.90. The predicted molar refractivity (Wildman–Crippen MR) is 68.3 cm³/mol. The highest BCUT2D eigenvalue weighted by Gasteiger charge is 2.54. The molecule has 1 aromatic rings. The van der Waals surface area contributed by atoms with Gasteiger partial charge in [0.15, 0.2) is 17.9 Å². The first-order valence-corrected chi connectivity index (χ1v) is 5.93. The van der Waals surface area contributed by atoms with Crippen molar-refractivity contribution in [2.75, 3.05) is 7.11 Å². The van der Waals surface area contributed by atoms with Crippen LogP contribution < -0.4 is 4.74 Å². The predicted octanol–water partition coefficient (Wildman–Crippen LogP) is 3.12. The number of carbonyl (C=O) groups excluding carboxylic acids is 1. The van der Waals surface area contributed by atoms with Gasteiger partial charge in [-0.15, -0.1) is 0 Å². The second kappa shape index (κ2) is 6.26. The van der Waals surface area contributed by atoms with E-state index in [4.69, 9.17) is 4.74 Å². The smallest absolute Gasteiger partial charge is 0.424 e. The maximum absolute atomic E-state index is 13.6. The van der Waals surface area contributed by atoms with Crippen molar-refractivity contribution in [1.82, 2.24) is 0 Å². The van der Waals surface area contributed by atoms with Gasteiger partial charge in [-0.05, 0) is 18.6 Å². The van der Waals surface area contributed by atoms with E-state index in [-0.39, 0.29) is 16.9 Å². The van der Waals surface area contributed by atoms with E-state index in [1.807, 2.05) is 0 Å². The van der Waals surface area contributed by atoms with Crippen LogP contribution in [0.25, 0.3) is 5.57 Å². The van der Waals surface area contributed by atoms with Crippen LogP contribution in [0.3, 0.4) is 0 Å². The molecular formula is C14H14F4O3. The summed E-state index contributed by atoms with van der Waals surface area (Å²) in [5, 5.41) is 9.48. The number of alkyl halides is 3. The van der Waals surface area contributed by atoms with Gasteiger partial charge in [-0.2, -0.15) is 13.2 Å². The normalized spacial score (nSPS) is 15.5. The van der Waals surface area contributed by atoms with E-state index in [1.54, 1.807) is 0 Å². The number of benzene rings is 1. The molecule has 1 N–H and O–H groups in total. The molecule has 7 heteroatoms. The van der Waals surface area contributed by atoms with Crippen molar-refractivity contribution < 1.29 is 32.2 Å². The third-order valence-electron chi connectivity index (χ3n) is 3.01. The van der Waals surface area contributed by atoms with Crippen LogP contribution in [0.2, 0.25) is 0 Å². The van der Waals surface area contributed by atoms with Gasteiger partial charge in [0.1, 0.15) is 0 Å². The molecule has 0 heterocycles. The van der Waals surface area contributed by atoms with Gasteiger partial charge >= 0.3 is 6.18 Å². The summed E-state index contributed by atoms with van der Waals surface area (Å²) in [7, 11) is 1.17. The number of hydrogen-bond donors (Lipinski definition) is 1. The molecule has 1 unspecified atom stereocenters. The molecule has 0 spiro atoms. The van der Waals surface area contributed by atoms with E-state index in [0.717, 1.165) is 6.07 Å². The Balaban J connectivity index is 3.29. The number of allylic oxidation sites excluding steroid dienone is 1. The van der Waals surface area contributed by atoms with Gasteiger partial charge in [-0.25, -0.2) is 4.39 Å². The van der Waals surface area contributed by atoms with Gasteiger partial charge in [0.25, 0.3) is 0 Å². The first-order chi connectivity index (χ1) is 9.70. The fourth-order valence-corrected chi connectivity index (χ4v) is 1.82. The van der Waals surface area contributed by atoms with Crippen LogP contribution >= 0.6 is 0 Å². The average Bonchev–Trinajstić information content (AvgIpc) is 2.43. The Bertz CT molecular complexity index is 552. The summed E-state index contributed by atoms with van der Waals surface area (Å²) in [6, 6.07) is 3.73. The van der Waals surface area contributed by atoms with Gasteiger partial charge in [-0.3, -0.25) is 4.79 Å². The van der Waals surface area contributed by atoms with Crippen molar-refractivity contribution in [3.8, 4) is 5.75 Å². The topological polar surface area (TPSA) is 46.5 Å². The summed E-state index contributed by atoms with van der Waals surface area (Å²) in [6.07, 6.45) is -5.47. The lowest BCUT2D eigenvalue weighted by Gasteiger charge is -2.26. The van der Waals surface area contributed by atoms with E-state index in [0.29, 0.717) is 0 Å². The highest BCUT2D eigenvalue weighted by molar-refractivity contribution is 5.76. The molecule has 21 heavy (non-hydrogen) atoms. The van der Waals surface area contributed by atoms with Crippen molar-refractivity contribution >= 4 is 11.9 Å². The van der Waals surface area contributed by atoms with Crippen molar-refractivity contribution in [2.24, 2.45) is 0 Å². The minimum atomic E-state index is -5.14. The van der Waals surface area contributed by atoms with Crippen molar-refractivity contribution in [2.45, 2.75) is 25.1 Å². The zero-order valence-electron chi connectivity index (χ0n) is 11.4. The number of ether oxygens (including phenoxy) is 1. The van der Waals surface area contributed by atoms with Crippen LogP contribution in [0, 0.1) is 5.82 Å². The first-order valence-electron chi connectivity index (χ1n) is 5.93. The van der Waals surface area contributed by atoms with Crippen LogP contribution in [0.15, 0.2) is 24.3 Å². The van der Waals surface area contributed by atoms with E-state index in [9.17, 15) is 27.5 Å². The Hall–Kier alpha value is -1.89. The number of aliphatic hydroxyl groups is 1. The van der Waals surface area contributed by atoms with Crippen LogP contribution in [-0.4, -0.2) is 30.3 Å². The Labute approximate surface area is 118 Å². The molecule has 1 atom stereocenters. The molecule has 3 nitrogen and oxygen atoms in total. The summed E-state index contributed by atoms with van der Waals surface area (Å²) in [5.41, 5.74) is -3.55. The quantitative estimate of drug-likeness (QED) is 0.671. The lowest BCUT2D eigenvalue weighted by Crippen LogP contribution is -2.46. The SMILES string of the molecule is C/C=C(/CC(O)(C=O)C(F)(F)F)c1cccc(F)c1OC. The summed E-state index contributed by atoms with van der Waals surface area (Å²) in [4.78, 5) is 10.7. The number of carbonyl (C=O) groups is 1. The zero-order chi connectivity index (χ0) is 16.3. The molecule has 0 aliphatic rings. The molecule has 0 saturated carbocycles. The second-order valence-corrected chi connectivity index (χ2v) is 4.35. The number of aldehydes is 1. The second-order valence-electron chi connectivity index (χ2n) is 4.35. The standard InChI is InChI=1S/C14H14F4O3/c1-3-9(7-13(20,8-19)14(16,17)18)10-5-4-6-11(15)12(10)21-2/h3-6,8,20H,7H2,1-2H3/b9-3-. The molecule has 0 amide bonds. The number of para-hydroxylation sites is 1. The molecule has 1 rings (SSSR count). The first kappa shape index (κ1) is 17.2. The van der Waals surface area contributed by atoms with E-state index in [1.165, 1.54) is 32.2 Å². The van der Waals surface area contributed by atoms with E-state index < -0.39 is 30.3 Å². The van der Waals surface area contributed by atoms with Crippen molar-refractivity contribution in [1.29, 1.82) is 0 Å². The molecule has 0 bridgehead atoms. The molecule has 1 aromatic carbocycles. The Morgan fingerprint density at radius 3 is 2.43 bits per heavy atom. The van der Waals surface area contributed by atoms with Gasteiger partial charge in [0.05, 0.1) is 7.11 Å². The Morgan fingerprint density at radius 1 is 1.38 bits per heavy atom. The van der Waals surface area contributed by atoms with Crippen molar-refractivity contribution in [3.05, 3.63) is 35.7 Å². The van der Waals surface area contributed by atoms with Crippen LogP contribution in [0.4, 0.5) is 17.6 Å². The number of methoxy groups -OCH3 is 1. The van der Waals surface area contributed by atoms with Gasteiger partial charge in [0.2, 0.25) is 5.60 Å². The van der Waals surface area contributed by atoms with Gasteiger partial charge in [0, 0.05) is 12.0 Å². The lowest BCUT2D eigenvalue weighted by molar-refractivity contribution is -0.242. The Morgan fingerprint density at radius 2 is 2.00 bits per heavy atom. The molecule has 0 aliphatic heterocycles. The fourth-order valence-electron chi connectivity index (χ4n) is 1.82. The molecule has 0 aliphatic carbocycles. The third kappa shape index (κ3) is 3.41. The number of halogens is 4. The van der Waals surface area contributed by atoms with Gasteiger partial charge in [-0.1, -0.05) is 18.2 Å².